The van der Waals surface area contributed by atoms with Gasteiger partial charge in [0.1, 0.15) is 29.5 Å². The smallest absolute Gasteiger partial charge is 0.269 e. The van der Waals surface area contributed by atoms with Crippen LogP contribution in [0.5, 0.6) is 0 Å². The maximum atomic E-state index is 14.2. The molecule has 0 aliphatic carbocycles. The Morgan fingerprint density at radius 3 is 2.33 bits per heavy atom. The second kappa shape index (κ2) is 22.1. The fraction of sp³-hybridized carbons (Fsp3) is 0.651. The number of ether oxygens (including phenoxy) is 1. The van der Waals surface area contributed by atoms with Gasteiger partial charge >= 0.3 is 0 Å². The number of likely N-dealkylation sites (tertiary alicyclic amines) is 1. The zero-order chi connectivity index (χ0) is 44.2. The quantitative estimate of drug-likeness (QED) is 0.164. The van der Waals surface area contributed by atoms with Gasteiger partial charge in [-0.05, 0) is 98.2 Å². The molecule has 5 N–H and O–H groups in total. The van der Waals surface area contributed by atoms with E-state index >= 15 is 0 Å². The van der Waals surface area contributed by atoms with Crippen LogP contribution in [0.4, 0.5) is 0 Å². The number of carbonyl (C=O) groups excluding carboxylic acids is 6. The molecule has 0 spiro atoms. The van der Waals surface area contributed by atoms with Crippen LogP contribution in [-0.2, 0) is 40.1 Å². The molecule has 61 heavy (non-hydrogen) atoms. The molecule has 1 unspecified atom stereocenters. The first-order valence-corrected chi connectivity index (χ1v) is 21.8. The van der Waals surface area contributed by atoms with Gasteiger partial charge in [-0.15, -0.1) is 5.10 Å². The number of hydrogen-bond acceptors (Lipinski definition) is 11. The van der Waals surface area contributed by atoms with Gasteiger partial charge in [-0.25, -0.2) is 9.67 Å². The number of amides is 6. The van der Waals surface area contributed by atoms with Crippen molar-refractivity contribution >= 4 is 41.2 Å². The van der Waals surface area contributed by atoms with Crippen LogP contribution < -0.4 is 26.6 Å². The van der Waals surface area contributed by atoms with E-state index in [-0.39, 0.29) is 60.7 Å². The van der Waals surface area contributed by atoms with Crippen molar-refractivity contribution < 1.29 is 33.5 Å². The number of hydrogen-bond donors (Lipinski definition) is 5. The lowest BCUT2D eigenvalue weighted by molar-refractivity contribution is -0.144. The summed E-state index contributed by atoms with van der Waals surface area (Å²) in [5, 5.41) is 23.4. The van der Waals surface area contributed by atoms with E-state index in [2.05, 4.69) is 41.9 Å². The maximum absolute atomic E-state index is 14.2. The van der Waals surface area contributed by atoms with Gasteiger partial charge in [-0.1, -0.05) is 48.9 Å². The van der Waals surface area contributed by atoms with Crippen molar-refractivity contribution in [2.75, 3.05) is 27.7 Å². The summed E-state index contributed by atoms with van der Waals surface area (Å²) >= 11 is 0. The van der Waals surface area contributed by atoms with Gasteiger partial charge in [0.25, 0.3) is 11.8 Å². The third-order valence-electron chi connectivity index (χ3n) is 12.4. The Balaban J connectivity index is 1.29. The summed E-state index contributed by atoms with van der Waals surface area (Å²) in [6.45, 7) is 7.41. The number of likely N-dealkylation sites (N-methyl/N-ethyl adjacent to an activating group) is 3. The van der Waals surface area contributed by atoms with E-state index in [0.717, 1.165) is 24.8 Å². The molecule has 3 aliphatic heterocycles. The van der Waals surface area contributed by atoms with Crippen LogP contribution in [-0.4, -0.2) is 136 Å². The molecular weight excluding hydrogens is 783 g/mol. The lowest BCUT2D eigenvalue weighted by Gasteiger charge is -2.37. The van der Waals surface area contributed by atoms with Crippen molar-refractivity contribution in [3.05, 3.63) is 47.8 Å². The number of aliphatic imine (C=N–C) groups is 1. The molecule has 3 saturated heterocycles. The minimum absolute atomic E-state index is 0.0943. The van der Waals surface area contributed by atoms with Crippen molar-refractivity contribution in [1.29, 1.82) is 0 Å². The molecule has 3 aliphatic rings. The van der Waals surface area contributed by atoms with Crippen molar-refractivity contribution in [2.45, 2.75) is 153 Å². The molecule has 4 heterocycles. The highest BCUT2D eigenvalue weighted by atomic mass is 16.5. The van der Waals surface area contributed by atoms with Crippen molar-refractivity contribution in [3.8, 4) is 0 Å². The Bertz CT molecular complexity index is 1870. The van der Waals surface area contributed by atoms with Gasteiger partial charge in [-0.3, -0.25) is 28.8 Å². The summed E-state index contributed by atoms with van der Waals surface area (Å²) in [4.78, 5) is 88.3. The lowest BCUT2D eigenvalue weighted by Crippen LogP contribution is -2.58. The summed E-state index contributed by atoms with van der Waals surface area (Å²) in [7, 11) is 4.90. The van der Waals surface area contributed by atoms with Crippen molar-refractivity contribution in [3.63, 3.8) is 0 Å². The number of nitrogens with one attached hydrogen (secondary N) is 5. The molecular formula is C43H65N11O7. The van der Waals surface area contributed by atoms with E-state index in [1.807, 2.05) is 50.4 Å². The molecule has 3 fully saturated rings. The minimum atomic E-state index is -0.810. The van der Waals surface area contributed by atoms with Gasteiger partial charge in [0.2, 0.25) is 23.6 Å². The van der Waals surface area contributed by atoms with Crippen molar-refractivity contribution in [1.82, 2.24) is 51.4 Å². The average molecular weight is 848 g/mol. The fourth-order valence-electron chi connectivity index (χ4n) is 8.52. The van der Waals surface area contributed by atoms with E-state index < -0.39 is 48.1 Å². The van der Waals surface area contributed by atoms with Crippen LogP contribution in [0.15, 0.2) is 41.5 Å². The van der Waals surface area contributed by atoms with Gasteiger partial charge < -0.3 is 41.1 Å². The normalized spacial score (nSPS) is 25.0. The highest BCUT2D eigenvalue weighted by Gasteiger charge is 2.46. The Morgan fingerprint density at radius 1 is 0.918 bits per heavy atom. The summed E-state index contributed by atoms with van der Waals surface area (Å²) in [6.07, 6.45) is 7.42. The van der Waals surface area contributed by atoms with Crippen LogP contribution in [0.25, 0.3) is 0 Å². The van der Waals surface area contributed by atoms with E-state index in [9.17, 15) is 28.8 Å². The Kier molecular flexibility index (Phi) is 17.1. The number of aromatic nitrogens is 3. The minimum Gasteiger partial charge on any atom is -0.373 e. The molecule has 6 amide bonds. The summed E-state index contributed by atoms with van der Waals surface area (Å²) in [5.41, 5.74) is 1.56. The second-order valence-corrected chi connectivity index (χ2v) is 16.5. The molecule has 334 valence electrons. The number of benzene rings is 1. The molecule has 1 aromatic carbocycles. The SMILES string of the molecule is CCC(C(=O)N[C@H](COCc1cn([C@@H]2CC[C@H](NC(=O)[C@H](C)NC)C(=O)N3[C@H](CC[C@H]3C(=O)NC)C2)nn1)c1ccccc1)N1C(=O)/C(=N/C(=O)[C@H](C)NC)CCCC[C@H]1C. The molecule has 2 aromatic rings. The number of carbonyl (C=O) groups is 6. The van der Waals surface area contributed by atoms with Crippen LogP contribution in [0.2, 0.25) is 0 Å². The lowest BCUT2D eigenvalue weighted by atomic mass is 9.94. The zero-order valence-electron chi connectivity index (χ0n) is 36.7. The average Bonchev–Trinajstić information content (AvgIpc) is 3.92. The summed E-state index contributed by atoms with van der Waals surface area (Å²) in [5.74, 6) is -1.94. The molecule has 18 nitrogen and oxygen atoms in total. The van der Waals surface area contributed by atoms with E-state index in [0.29, 0.717) is 50.6 Å². The van der Waals surface area contributed by atoms with E-state index in [4.69, 9.17) is 4.74 Å². The van der Waals surface area contributed by atoms with E-state index in [1.54, 1.807) is 49.5 Å². The third kappa shape index (κ3) is 11.7. The Morgan fingerprint density at radius 2 is 1.64 bits per heavy atom. The fourth-order valence-corrected chi connectivity index (χ4v) is 8.52. The standard InChI is InChI=1S/C43H65N11O7/c1-8-36(53-26(2)14-12-13-17-33(42(53)59)47-38(55)27(3)44-5)41(58)49-35(29-15-10-9-11-16-29)25-61-24-30-23-52(51-50-30)31-18-20-34(48-39(56)28(4)45-6)43(60)54-32(22-31)19-21-37(54)40(57)46-7/h9-11,15-16,23,26-28,31-32,34-37,44-45H,8,12-14,17-22,24-25H2,1-7H3,(H,46,57)(H,48,56)(H,49,58)/b47-33+/t26-,27+,28+,31-,32-,34+,35-,36?,37+/m1/s1. The second-order valence-electron chi connectivity index (χ2n) is 16.5. The van der Waals surface area contributed by atoms with E-state index in [1.165, 1.54) is 0 Å². The Hall–Kier alpha value is -5.07. The number of nitrogens with zero attached hydrogens (tertiary/aromatic N) is 6. The molecule has 1 aromatic heterocycles. The van der Waals surface area contributed by atoms with Crippen molar-refractivity contribution in [2.24, 2.45) is 4.99 Å². The van der Waals surface area contributed by atoms with Crippen LogP contribution in [0.3, 0.4) is 0 Å². The summed E-state index contributed by atoms with van der Waals surface area (Å²) in [6, 6.07) is 4.97. The predicted octanol–water partition coefficient (Wildman–Crippen LogP) is 1.72. The van der Waals surface area contributed by atoms with Gasteiger partial charge in [0.15, 0.2) is 0 Å². The first kappa shape index (κ1) is 47.0. The van der Waals surface area contributed by atoms with Crippen LogP contribution >= 0.6 is 0 Å². The number of rotatable bonds is 16. The maximum Gasteiger partial charge on any atom is 0.269 e. The molecule has 9 atom stereocenters. The van der Waals surface area contributed by atoms with Gasteiger partial charge in [-0.2, -0.15) is 0 Å². The Labute approximate surface area is 358 Å². The number of fused-ring (bicyclic) bond motifs is 1. The molecule has 18 heteroatoms. The molecule has 0 saturated carbocycles. The third-order valence-corrected chi connectivity index (χ3v) is 12.4. The predicted molar refractivity (Wildman–Crippen MR) is 228 cm³/mol. The highest BCUT2D eigenvalue weighted by Crippen LogP contribution is 2.35. The zero-order valence-corrected chi connectivity index (χ0v) is 36.7. The topological polar surface area (TPSA) is 221 Å². The molecule has 5 rings (SSSR count). The largest absolute Gasteiger partial charge is 0.373 e. The summed E-state index contributed by atoms with van der Waals surface area (Å²) < 4.78 is 8.00. The first-order chi connectivity index (χ1) is 29.3. The highest BCUT2D eigenvalue weighted by molar-refractivity contribution is 6.40. The monoisotopic (exact) mass is 848 g/mol. The first-order valence-electron chi connectivity index (χ1n) is 21.8. The molecule has 0 bridgehead atoms. The van der Waals surface area contributed by atoms with Crippen LogP contribution in [0.1, 0.15) is 115 Å². The van der Waals surface area contributed by atoms with Gasteiger partial charge in [0, 0.05) is 19.1 Å². The van der Waals surface area contributed by atoms with Crippen LogP contribution in [0, 0.1) is 0 Å². The molecule has 0 radical (unpaired) electrons. The van der Waals surface area contributed by atoms with Gasteiger partial charge in [0.05, 0.1) is 43.6 Å².